The predicted molar refractivity (Wildman–Crippen MR) is 47.6 cm³/mol. The summed E-state index contributed by atoms with van der Waals surface area (Å²) < 4.78 is 47.6. The van der Waals surface area contributed by atoms with Gasteiger partial charge < -0.3 is 0 Å². The normalized spacial score (nSPS) is 21.4. The Labute approximate surface area is 78.1 Å². The van der Waals surface area contributed by atoms with Crippen molar-refractivity contribution in [1.82, 2.24) is 0 Å². The van der Waals surface area contributed by atoms with Gasteiger partial charge in [-0.15, -0.1) is 0 Å². The standard InChI is InChI=1S/C6H12O5S2/c1-11-13(9,10)5-6(3-4-6)12(2,7)8/h3-5H2,1-2H3. The van der Waals surface area contributed by atoms with E-state index in [1.54, 1.807) is 0 Å². The van der Waals surface area contributed by atoms with Gasteiger partial charge in [0.2, 0.25) is 0 Å². The van der Waals surface area contributed by atoms with Gasteiger partial charge in [-0.2, -0.15) is 8.42 Å². The van der Waals surface area contributed by atoms with Crippen LogP contribution in [-0.4, -0.2) is 40.7 Å². The molecule has 0 radical (unpaired) electrons. The summed E-state index contributed by atoms with van der Waals surface area (Å²) in [6.07, 6.45) is 1.88. The minimum Gasteiger partial charge on any atom is -0.273 e. The van der Waals surface area contributed by atoms with E-state index in [0.29, 0.717) is 12.8 Å². The van der Waals surface area contributed by atoms with E-state index in [0.717, 1.165) is 13.4 Å². The number of hydrogen-bond donors (Lipinski definition) is 0. The van der Waals surface area contributed by atoms with Crippen LogP contribution in [0.2, 0.25) is 0 Å². The molecule has 0 aromatic heterocycles. The zero-order chi connectivity index (χ0) is 10.3. The molecule has 1 saturated carbocycles. The summed E-state index contributed by atoms with van der Waals surface area (Å²) >= 11 is 0. The predicted octanol–water partition coefficient (Wildman–Crippen LogP) is -0.460. The molecule has 1 aliphatic rings. The van der Waals surface area contributed by atoms with Crippen molar-refractivity contribution in [2.45, 2.75) is 17.6 Å². The molecule has 0 N–H and O–H groups in total. The van der Waals surface area contributed by atoms with Crippen molar-refractivity contribution in [3.63, 3.8) is 0 Å². The fourth-order valence-electron chi connectivity index (χ4n) is 1.14. The zero-order valence-electron chi connectivity index (χ0n) is 7.48. The smallest absolute Gasteiger partial charge is 0.268 e. The number of sulfone groups is 1. The maximum atomic E-state index is 11.2. The summed E-state index contributed by atoms with van der Waals surface area (Å²) in [6.45, 7) is 0. The Morgan fingerprint density at radius 3 is 1.92 bits per heavy atom. The van der Waals surface area contributed by atoms with Crippen LogP contribution < -0.4 is 0 Å². The van der Waals surface area contributed by atoms with Crippen LogP contribution in [0.5, 0.6) is 0 Å². The summed E-state index contributed by atoms with van der Waals surface area (Å²) in [5, 5.41) is 0. The lowest BCUT2D eigenvalue weighted by molar-refractivity contribution is 0.396. The maximum Gasteiger partial charge on any atom is 0.268 e. The van der Waals surface area contributed by atoms with Crippen LogP contribution >= 0.6 is 0 Å². The van der Waals surface area contributed by atoms with Crippen molar-refractivity contribution < 1.29 is 21.0 Å². The highest BCUT2D eigenvalue weighted by molar-refractivity contribution is 7.94. The van der Waals surface area contributed by atoms with Gasteiger partial charge in [0.15, 0.2) is 9.84 Å². The van der Waals surface area contributed by atoms with Crippen LogP contribution in [0, 0.1) is 0 Å². The maximum absolute atomic E-state index is 11.2. The fourth-order valence-corrected chi connectivity index (χ4v) is 4.33. The molecule has 0 amide bonds. The third-order valence-corrected chi connectivity index (χ3v) is 6.01. The van der Waals surface area contributed by atoms with Crippen LogP contribution in [0.25, 0.3) is 0 Å². The molecule has 0 aromatic carbocycles. The third kappa shape index (κ3) is 2.21. The lowest BCUT2D eigenvalue weighted by Crippen LogP contribution is -2.31. The molecule has 0 spiro atoms. The Hall–Kier alpha value is -0.140. The number of hydrogen-bond acceptors (Lipinski definition) is 5. The number of rotatable bonds is 4. The SMILES string of the molecule is COS(=O)(=O)CC1(S(C)(=O)=O)CC1. The molecule has 13 heavy (non-hydrogen) atoms. The minimum absolute atomic E-state index is 0.411. The van der Waals surface area contributed by atoms with Crippen LogP contribution in [-0.2, 0) is 24.1 Å². The lowest BCUT2D eigenvalue weighted by Gasteiger charge is -2.11. The molecule has 0 bridgehead atoms. The molecule has 1 rings (SSSR count). The lowest BCUT2D eigenvalue weighted by atomic mass is 10.5. The van der Waals surface area contributed by atoms with E-state index in [9.17, 15) is 16.8 Å². The van der Waals surface area contributed by atoms with Gasteiger partial charge in [-0.3, -0.25) is 4.18 Å². The molecule has 78 valence electrons. The van der Waals surface area contributed by atoms with E-state index >= 15 is 0 Å². The van der Waals surface area contributed by atoms with E-state index in [4.69, 9.17) is 0 Å². The summed E-state index contributed by atoms with van der Waals surface area (Å²) in [5.74, 6) is -0.421. The first-order valence-electron chi connectivity index (χ1n) is 3.70. The van der Waals surface area contributed by atoms with Gasteiger partial charge in [-0.05, 0) is 12.8 Å². The first-order valence-corrected chi connectivity index (χ1v) is 7.17. The van der Waals surface area contributed by atoms with Gasteiger partial charge in [0.05, 0.1) is 17.6 Å². The van der Waals surface area contributed by atoms with E-state index in [1.807, 2.05) is 0 Å². The summed E-state index contributed by atoms with van der Waals surface area (Å²) in [6, 6.07) is 0. The second kappa shape index (κ2) is 2.93. The molecule has 5 nitrogen and oxygen atoms in total. The molecular weight excluding hydrogens is 216 g/mol. The van der Waals surface area contributed by atoms with E-state index in [1.165, 1.54) is 0 Å². The topological polar surface area (TPSA) is 77.5 Å². The zero-order valence-corrected chi connectivity index (χ0v) is 9.11. The first-order chi connectivity index (χ1) is 5.72. The molecule has 0 heterocycles. The van der Waals surface area contributed by atoms with Gasteiger partial charge in [0.25, 0.3) is 10.1 Å². The third-order valence-electron chi connectivity index (χ3n) is 2.29. The van der Waals surface area contributed by atoms with Crippen LogP contribution in [0.4, 0.5) is 0 Å². The summed E-state index contributed by atoms with van der Waals surface area (Å²) in [5.41, 5.74) is 0. The van der Waals surface area contributed by atoms with Gasteiger partial charge in [-0.1, -0.05) is 0 Å². The van der Waals surface area contributed by atoms with Crippen molar-refractivity contribution in [2.75, 3.05) is 19.1 Å². The second-order valence-corrected chi connectivity index (χ2v) is 7.47. The molecule has 1 fully saturated rings. The van der Waals surface area contributed by atoms with Crippen LogP contribution in [0.3, 0.4) is 0 Å². The largest absolute Gasteiger partial charge is 0.273 e. The van der Waals surface area contributed by atoms with Gasteiger partial charge in [-0.25, -0.2) is 8.42 Å². The fraction of sp³-hybridized carbons (Fsp3) is 1.00. The molecule has 0 unspecified atom stereocenters. The Bertz CT molecular complexity index is 387. The quantitative estimate of drug-likeness (QED) is 0.608. The molecule has 1 aliphatic carbocycles. The van der Waals surface area contributed by atoms with Crippen molar-refractivity contribution >= 4 is 20.0 Å². The minimum atomic E-state index is -3.68. The Balaban J connectivity index is 2.88. The second-order valence-electron chi connectivity index (χ2n) is 3.32. The van der Waals surface area contributed by atoms with Gasteiger partial charge in [0, 0.05) is 6.26 Å². The molecule has 0 saturated heterocycles. The molecule has 0 aliphatic heterocycles. The van der Waals surface area contributed by atoms with Crippen molar-refractivity contribution in [1.29, 1.82) is 0 Å². The van der Waals surface area contributed by atoms with Gasteiger partial charge in [0.1, 0.15) is 0 Å². The molecule has 7 heteroatoms. The molecular formula is C6H12O5S2. The van der Waals surface area contributed by atoms with E-state index < -0.39 is 30.5 Å². The van der Waals surface area contributed by atoms with Crippen molar-refractivity contribution in [3.8, 4) is 0 Å². The Morgan fingerprint density at radius 1 is 1.23 bits per heavy atom. The van der Waals surface area contributed by atoms with Crippen LogP contribution in [0.15, 0.2) is 0 Å². The molecule has 0 atom stereocenters. The average Bonchev–Trinajstić information content (AvgIpc) is 2.67. The highest BCUT2D eigenvalue weighted by Crippen LogP contribution is 2.44. The Kier molecular flexibility index (Phi) is 2.46. The Morgan fingerprint density at radius 2 is 1.69 bits per heavy atom. The monoisotopic (exact) mass is 228 g/mol. The van der Waals surface area contributed by atoms with Crippen molar-refractivity contribution in [2.24, 2.45) is 0 Å². The average molecular weight is 228 g/mol. The summed E-state index contributed by atoms with van der Waals surface area (Å²) in [7, 11) is -5.94. The summed E-state index contributed by atoms with van der Waals surface area (Å²) in [4.78, 5) is 0. The highest BCUT2D eigenvalue weighted by atomic mass is 32.2. The van der Waals surface area contributed by atoms with E-state index in [2.05, 4.69) is 4.18 Å². The van der Waals surface area contributed by atoms with E-state index in [-0.39, 0.29) is 0 Å². The molecule has 0 aromatic rings. The van der Waals surface area contributed by atoms with Crippen molar-refractivity contribution in [3.05, 3.63) is 0 Å². The highest BCUT2D eigenvalue weighted by Gasteiger charge is 2.54. The first kappa shape index (κ1) is 10.9. The van der Waals surface area contributed by atoms with Gasteiger partial charge >= 0.3 is 0 Å². The van der Waals surface area contributed by atoms with Crippen LogP contribution in [0.1, 0.15) is 12.8 Å².